The van der Waals surface area contributed by atoms with Crippen LogP contribution in [0.1, 0.15) is 31.2 Å². The molecule has 0 aliphatic heterocycles. The van der Waals surface area contributed by atoms with Crippen molar-refractivity contribution < 1.29 is 92.6 Å². The molecule has 0 heterocycles. The van der Waals surface area contributed by atoms with Crippen LogP contribution in [-0.2, 0) is 14.9 Å². The maximum atomic E-state index is 11.0. The summed E-state index contributed by atoms with van der Waals surface area (Å²) in [6.07, 6.45) is 3.24. The first-order valence-electron chi connectivity index (χ1n) is 8.15. The molecule has 1 unspecified atom stereocenters. The van der Waals surface area contributed by atoms with Crippen LogP contribution in [0.3, 0.4) is 0 Å². The number of hydrogen-bond acceptors (Lipinski definition) is 7. The van der Waals surface area contributed by atoms with Crippen molar-refractivity contribution in [2.45, 2.75) is 37.0 Å². The van der Waals surface area contributed by atoms with Gasteiger partial charge in [-0.2, -0.15) is 11.8 Å². The van der Waals surface area contributed by atoms with Crippen molar-refractivity contribution in [3.05, 3.63) is 29.8 Å². The van der Waals surface area contributed by atoms with Gasteiger partial charge in [0.15, 0.2) is 0 Å². The van der Waals surface area contributed by atoms with Crippen molar-refractivity contribution in [3.63, 3.8) is 0 Å². The van der Waals surface area contributed by atoms with E-state index in [1.54, 1.807) is 7.11 Å². The molecule has 0 radical (unpaired) electrons. The minimum Gasteiger partial charge on any atom is -0.809 e. The quantitative estimate of drug-likeness (QED) is 0.147. The first kappa shape index (κ1) is 31.8. The number of rotatable bonds is 13. The summed E-state index contributed by atoms with van der Waals surface area (Å²) in [5.74, 6) is 2.73. The SMILES string of the molecule is COc1ccc(CSCCCCCCNC(P(=O)([O-])[O-])P(=O)(O)O)cc1.[Na+].[Na+]. The summed E-state index contributed by atoms with van der Waals surface area (Å²) in [6.45, 7) is 0.0727. The van der Waals surface area contributed by atoms with Gasteiger partial charge < -0.3 is 28.9 Å². The first-order valence-corrected chi connectivity index (χ1v) is 12.6. The van der Waals surface area contributed by atoms with Gasteiger partial charge in [0.25, 0.3) is 0 Å². The van der Waals surface area contributed by atoms with Crippen molar-refractivity contribution in [1.29, 1.82) is 0 Å². The molecule has 150 valence electrons. The number of thioether (sulfide) groups is 1. The van der Waals surface area contributed by atoms with Crippen molar-refractivity contribution in [1.82, 2.24) is 5.32 Å². The minimum atomic E-state index is -5.39. The van der Waals surface area contributed by atoms with E-state index in [4.69, 9.17) is 14.5 Å². The number of unbranched alkanes of at least 4 members (excludes halogenated alkanes) is 3. The number of benzene rings is 1. The summed E-state index contributed by atoms with van der Waals surface area (Å²) >= 11 is 1.82. The first-order chi connectivity index (χ1) is 12.1. The van der Waals surface area contributed by atoms with Gasteiger partial charge in [-0.25, -0.2) is 0 Å². The molecule has 8 nitrogen and oxygen atoms in total. The Labute approximate surface area is 214 Å². The van der Waals surface area contributed by atoms with Gasteiger partial charge in [0.2, 0.25) is 0 Å². The Morgan fingerprint density at radius 2 is 1.64 bits per heavy atom. The molecule has 0 saturated carbocycles. The second kappa shape index (κ2) is 16.3. The fraction of sp³-hybridized carbons (Fsp3) is 0.600. The van der Waals surface area contributed by atoms with E-state index in [1.165, 1.54) is 5.56 Å². The molecule has 1 atom stereocenters. The van der Waals surface area contributed by atoms with Gasteiger partial charge in [-0.3, -0.25) is 9.88 Å². The molecule has 1 aromatic rings. The van der Waals surface area contributed by atoms with E-state index >= 15 is 0 Å². The third-order valence-corrected chi connectivity index (χ3v) is 8.06. The molecular weight excluding hydrogens is 446 g/mol. The zero-order chi connectivity index (χ0) is 19.6. The van der Waals surface area contributed by atoms with Crippen molar-refractivity contribution >= 4 is 27.0 Å². The summed E-state index contributed by atoms with van der Waals surface area (Å²) in [6, 6.07) is 7.91. The van der Waals surface area contributed by atoms with Crippen molar-refractivity contribution in [2.24, 2.45) is 0 Å². The summed E-state index contributed by atoms with van der Waals surface area (Å²) in [5.41, 5.74) is -1.11. The average molecular weight is 471 g/mol. The van der Waals surface area contributed by atoms with Crippen molar-refractivity contribution in [3.8, 4) is 5.75 Å². The van der Waals surface area contributed by atoms with E-state index in [1.807, 2.05) is 36.0 Å². The molecule has 0 aliphatic carbocycles. The van der Waals surface area contributed by atoms with Crippen LogP contribution in [0.2, 0.25) is 0 Å². The maximum absolute atomic E-state index is 11.0. The van der Waals surface area contributed by atoms with Gasteiger partial charge in [-0.15, -0.1) is 0 Å². The summed E-state index contributed by atoms with van der Waals surface area (Å²) in [4.78, 5) is 39.6. The number of hydrogen-bond donors (Lipinski definition) is 3. The van der Waals surface area contributed by atoms with Crippen LogP contribution >= 0.6 is 27.0 Å². The van der Waals surface area contributed by atoms with Crippen LogP contribution in [0.4, 0.5) is 0 Å². The maximum Gasteiger partial charge on any atom is 1.00 e. The minimum absolute atomic E-state index is 0. The molecule has 3 N–H and O–H groups in total. The monoisotopic (exact) mass is 471 g/mol. The fourth-order valence-electron chi connectivity index (χ4n) is 2.24. The van der Waals surface area contributed by atoms with Gasteiger partial charge in [0.05, 0.1) is 7.11 Å². The van der Waals surface area contributed by atoms with Crippen LogP contribution < -0.4 is 79.0 Å². The van der Waals surface area contributed by atoms with E-state index in [2.05, 4.69) is 5.32 Å². The predicted molar refractivity (Wildman–Crippen MR) is 99.1 cm³/mol. The van der Waals surface area contributed by atoms with Gasteiger partial charge >= 0.3 is 66.7 Å². The van der Waals surface area contributed by atoms with Crippen LogP contribution in [0.15, 0.2) is 24.3 Å². The van der Waals surface area contributed by atoms with E-state index in [9.17, 15) is 18.9 Å². The molecule has 0 spiro atoms. The number of ether oxygens (including phenoxy) is 1. The largest absolute Gasteiger partial charge is 1.00 e. The molecule has 13 heteroatoms. The molecule has 0 aliphatic rings. The third kappa shape index (κ3) is 13.8. The van der Waals surface area contributed by atoms with E-state index in [0.717, 1.165) is 36.5 Å². The summed E-state index contributed by atoms with van der Waals surface area (Å²) in [5, 5.41) is 2.17. The number of methoxy groups -OCH3 is 1. The van der Waals surface area contributed by atoms with E-state index in [-0.39, 0.29) is 65.7 Å². The molecule has 0 bridgehead atoms. The van der Waals surface area contributed by atoms with E-state index in [0.29, 0.717) is 6.42 Å². The smallest absolute Gasteiger partial charge is 0.809 e. The molecule has 0 amide bonds. The zero-order valence-corrected chi connectivity index (χ0v) is 23.2. The van der Waals surface area contributed by atoms with Gasteiger partial charge in [0, 0.05) is 5.75 Å². The van der Waals surface area contributed by atoms with Gasteiger partial charge in [-0.05, 0) is 50.4 Å². The Balaban J connectivity index is 0. The molecular formula is C15H25NNa2O7P2S. The number of nitrogens with one attached hydrogen (secondary N) is 1. The standard InChI is InChI=1S/C15H27NO7P2S.2Na/c1-23-14-8-6-13(7-9-14)12-26-11-5-3-2-4-10-16-15(24(17,18)19)25(20,21)22;;/h6-9,15-16H,2-5,10-12H2,1H3,(H2,17,18,19)(H2,20,21,22);;/q;2*+1/p-2. The van der Waals surface area contributed by atoms with Crippen molar-refractivity contribution in [2.75, 3.05) is 19.4 Å². The molecule has 28 heavy (non-hydrogen) atoms. The Morgan fingerprint density at radius 1 is 1.07 bits per heavy atom. The average Bonchev–Trinajstić information content (AvgIpc) is 2.54. The molecule has 0 aromatic heterocycles. The van der Waals surface area contributed by atoms with Crippen LogP contribution in [-0.4, -0.2) is 34.7 Å². The second-order valence-electron chi connectivity index (χ2n) is 5.77. The Bertz CT molecular complexity index is 605. The van der Waals surface area contributed by atoms with Crippen LogP contribution in [0.25, 0.3) is 0 Å². The normalized spacial score (nSPS) is 12.6. The third-order valence-electron chi connectivity index (χ3n) is 3.59. The van der Waals surface area contributed by atoms with Gasteiger partial charge in [0.1, 0.15) is 11.3 Å². The molecule has 1 rings (SSSR count). The van der Waals surface area contributed by atoms with Gasteiger partial charge in [-0.1, -0.05) is 25.0 Å². The fourth-order valence-corrected chi connectivity index (χ4v) is 5.41. The summed E-state index contributed by atoms with van der Waals surface area (Å²) in [7, 11) is -8.77. The predicted octanol–water partition coefficient (Wildman–Crippen LogP) is -4.54. The van der Waals surface area contributed by atoms with E-state index < -0.39 is 20.7 Å². The molecule has 1 aromatic carbocycles. The Hall–Kier alpha value is 1.63. The Morgan fingerprint density at radius 3 is 2.14 bits per heavy atom. The van der Waals surface area contributed by atoms with Crippen LogP contribution in [0, 0.1) is 0 Å². The molecule has 0 fully saturated rings. The Kier molecular flexibility index (Phi) is 18.5. The topological polar surface area (TPSA) is 142 Å². The zero-order valence-electron chi connectivity index (χ0n) is 16.6. The second-order valence-corrected chi connectivity index (χ2v) is 10.6. The summed E-state index contributed by atoms with van der Waals surface area (Å²) < 4.78 is 27.0. The van der Waals surface area contributed by atoms with Crippen LogP contribution in [0.5, 0.6) is 5.75 Å². The molecule has 0 saturated heterocycles.